The second kappa shape index (κ2) is 3.86. The second-order valence-corrected chi connectivity index (χ2v) is 3.59. The Labute approximate surface area is 87.3 Å². The minimum Gasteiger partial charge on any atom is -0.469 e. The minimum absolute atomic E-state index is 0.0286. The van der Waals surface area contributed by atoms with Gasteiger partial charge in [-0.1, -0.05) is 5.16 Å². The molecular formula is C10H13N3O2. The lowest BCUT2D eigenvalue weighted by atomic mass is 10.2. The fourth-order valence-corrected chi connectivity index (χ4v) is 1.34. The number of rotatable bonds is 3. The molecule has 0 fully saturated rings. The van der Waals surface area contributed by atoms with Crippen LogP contribution in [0.1, 0.15) is 18.5 Å². The summed E-state index contributed by atoms with van der Waals surface area (Å²) in [5, 5.41) is 3.85. The van der Waals surface area contributed by atoms with Crippen LogP contribution >= 0.6 is 0 Å². The van der Waals surface area contributed by atoms with Gasteiger partial charge in [-0.25, -0.2) is 0 Å². The van der Waals surface area contributed by atoms with Crippen molar-refractivity contribution < 1.29 is 8.94 Å². The van der Waals surface area contributed by atoms with Crippen molar-refractivity contribution in [3.05, 3.63) is 23.9 Å². The summed E-state index contributed by atoms with van der Waals surface area (Å²) in [4.78, 5) is 4.24. The van der Waals surface area contributed by atoms with Crippen LogP contribution in [0.4, 0.5) is 0 Å². The third-order valence-electron chi connectivity index (χ3n) is 2.06. The summed E-state index contributed by atoms with van der Waals surface area (Å²) in [6.07, 6.45) is 2.21. The van der Waals surface area contributed by atoms with Crippen molar-refractivity contribution in [1.29, 1.82) is 0 Å². The van der Waals surface area contributed by atoms with E-state index in [1.807, 2.05) is 13.8 Å². The topological polar surface area (TPSA) is 78.1 Å². The van der Waals surface area contributed by atoms with Crippen molar-refractivity contribution >= 4 is 0 Å². The van der Waals surface area contributed by atoms with E-state index in [4.69, 9.17) is 14.7 Å². The molecule has 0 aliphatic rings. The average molecular weight is 207 g/mol. The van der Waals surface area contributed by atoms with E-state index < -0.39 is 0 Å². The van der Waals surface area contributed by atoms with Gasteiger partial charge in [-0.3, -0.25) is 0 Å². The maximum absolute atomic E-state index is 5.64. The molecule has 2 N–H and O–H groups in total. The lowest BCUT2D eigenvalue weighted by Gasteiger charge is -1.96. The van der Waals surface area contributed by atoms with Crippen molar-refractivity contribution in [2.75, 3.05) is 0 Å². The van der Waals surface area contributed by atoms with Gasteiger partial charge in [0.15, 0.2) is 5.82 Å². The van der Waals surface area contributed by atoms with Gasteiger partial charge in [0.1, 0.15) is 5.76 Å². The highest BCUT2D eigenvalue weighted by Crippen LogP contribution is 2.22. The molecule has 2 aromatic heterocycles. The number of aromatic nitrogens is 2. The van der Waals surface area contributed by atoms with Crippen LogP contribution in [0.25, 0.3) is 11.5 Å². The molecule has 2 heterocycles. The van der Waals surface area contributed by atoms with Crippen LogP contribution < -0.4 is 5.73 Å². The molecule has 0 radical (unpaired) electrons. The molecule has 2 aromatic rings. The molecular weight excluding hydrogens is 194 g/mol. The molecule has 15 heavy (non-hydrogen) atoms. The van der Waals surface area contributed by atoms with Crippen LogP contribution in [-0.4, -0.2) is 16.2 Å². The number of furan rings is 1. The molecule has 5 nitrogen and oxygen atoms in total. The standard InChI is InChI=1S/C10H13N3O2/c1-6(11)5-9-12-10(15-13-9)8-3-4-14-7(8)2/h3-4,6H,5,11H2,1-2H3. The van der Waals surface area contributed by atoms with Crippen LogP contribution in [-0.2, 0) is 6.42 Å². The Balaban J connectivity index is 2.24. The van der Waals surface area contributed by atoms with E-state index in [0.29, 0.717) is 18.1 Å². The zero-order valence-electron chi connectivity index (χ0n) is 8.73. The number of nitrogens with zero attached hydrogens (tertiary/aromatic N) is 2. The highest BCUT2D eigenvalue weighted by Gasteiger charge is 2.13. The lowest BCUT2D eigenvalue weighted by molar-refractivity contribution is 0.419. The molecule has 1 atom stereocenters. The van der Waals surface area contributed by atoms with E-state index >= 15 is 0 Å². The van der Waals surface area contributed by atoms with E-state index in [9.17, 15) is 0 Å². The van der Waals surface area contributed by atoms with E-state index in [1.54, 1.807) is 12.3 Å². The number of hydrogen-bond acceptors (Lipinski definition) is 5. The van der Waals surface area contributed by atoms with Gasteiger partial charge >= 0.3 is 0 Å². The van der Waals surface area contributed by atoms with Gasteiger partial charge in [-0.2, -0.15) is 4.98 Å². The average Bonchev–Trinajstić information content (AvgIpc) is 2.72. The molecule has 2 rings (SSSR count). The van der Waals surface area contributed by atoms with Crippen molar-refractivity contribution in [1.82, 2.24) is 10.1 Å². The number of nitrogens with two attached hydrogens (primary N) is 1. The molecule has 0 aliphatic heterocycles. The zero-order valence-corrected chi connectivity index (χ0v) is 8.73. The van der Waals surface area contributed by atoms with E-state index in [-0.39, 0.29) is 6.04 Å². The summed E-state index contributed by atoms with van der Waals surface area (Å²) in [7, 11) is 0. The van der Waals surface area contributed by atoms with Gasteiger partial charge in [0.2, 0.25) is 0 Å². The van der Waals surface area contributed by atoms with E-state index in [1.165, 1.54) is 0 Å². The minimum atomic E-state index is 0.0286. The summed E-state index contributed by atoms with van der Waals surface area (Å²) >= 11 is 0. The van der Waals surface area contributed by atoms with E-state index in [2.05, 4.69) is 10.1 Å². The van der Waals surface area contributed by atoms with Crippen LogP contribution in [0.5, 0.6) is 0 Å². The predicted molar refractivity (Wildman–Crippen MR) is 54.1 cm³/mol. The zero-order chi connectivity index (χ0) is 10.8. The molecule has 0 saturated carbocycles. The smallest absolute Gasteiger partial charge is 0.261 e. The Kier molecular flexibility index (Phi) is 2.55. The normalized spacial score (nSPS) is 13.0. The number of aryl methyl sites for hydroxylation is 1. The third kappa shape index (κ3) is 2.07. The van der Waals surface area contributed by atoms with Gasteiger partial charge in [0.05, 0.1) is 11.8 Å². The van der Waals surface area contributed by atoms with Gasteiger partial charge < -0.3 is 14.7 Å². The first-order valence-electron chi connectivity index (χ1n) is 4.79. The molecule has 0 saturated heterocycles. The third-order valence-corrected chi connectivity index (χ3v) is 2.06. The molecule has 1 unspecified atom stereocenters. The predicted octanol–water partition coefficient (Wildman–Crippen LogP) is 1.53. The summed E-state index contributed by atoms with van der Waals surface area (Å²) in [6, 6.07) is 1.83. The molecule has 0 amide bonds. The van der Waals surface area contributed by atoms with Crippen molar-refractivity contribution in [3.8, 4) is 11.5 Å². The Bertz CT molecular complexity index is 445. The maximum Gasteiger partial charge on any atom is 0.261 e. The van der Waals surface area contributed by atoms with Crippen LogP contribution in [0.15, 0.2) is 21.3 Å². The SMILES string of the molecule is Cc1occc1-c1nc(CC(C)N)no1. The highest BCUT2D eigenvalue weighted by molar-refractivity contribution is 5.54. The Hall–Kier alpha value is -1.62. The van der Waals surface area contributed by atoms with Crippen LogP contribution in [0, 0.1) is 6.92 Å². The second-order valence-electron chi connectivity index (χ2n) is 3.59. The molecule has 0 spiro atoms. The molecule has 80 valence electrons. The molecule has 0 aromatic carbocycles. The quantitative estimate of drug-likeness (QED) is 0.825. The fraction of sp³-hybridized carbons (Fsp3) is 0.400. The Morgan fingerprint density at radius 2 is 2.33 bits per heavy atom. The highest BCUT2D eigenvalue weighted by atomic mass is 16.5. The summed E-state index contributed by atoms with van der Waals surface area (Å²) in [5.74, 6) is 1.88. The monoisotopic (exact) mass is 207 g/mol. The van der Waals surface area contributed by atoms with Crippen LogP contribution in [0.2, 0.25) is 0 Å². The fourth-order valence-electron chi connectivity index (χ4n) is 1.34. The van der Waals surface area contributed by atoms with Crippen LogP contribution in [0.3, 0.4) is 0 Å². The van der Waals surface area contributed by atoms with E-state index in [0.717, 1.165) is 11.3 Å². The summed E-state index contributed by atoms with van der Waals surface area (Å²) in [5.41, 5.74) is 6.47. The summed E-state index contributed by atoms with van der Waals surface area (Å²) < 4.78 is 10.3. The van der Waals surface area contributed by atoms with Crippen molar-refractivity contribution in [2.24, 2.45) is 5.73 Å². The maximum atomic E-state index is 5.64. The van der Waals surface area contributed by atoms with Gasteiger partial charge in [-0.05, 0) is 19.9 Å². The molecule has 0 aliphatic carbocycles. The molecule has 5 heteroatoms. The Morgan fingerprint density at radius 3 is 2.93 bits per heavy atom. The molecule has 0 bridgehead atoms. The first kappa shape index (κ1) is 9.92. The summed E-state index contributed by atoms with van der Waals surface area (Å²) in [6.45, 7) is 3.75. The first-order chi connectivity index (χ1) is 7.16. The largest absolute Gasteiger partial charge is 0.469 e. The lowest BCUT2D eigenvalue weighted by Crippen LogP contribution is -2.18. The first-order valence-corrected chi connectivity index (χ1v) is 4.79. The van der Waals surface area contributed by atoms with Gasteiger partial charge in [-0.15, -0.1) is 0 Å². The van der Waals surface area contributed by atoms with Gasteiger partial charge in [0, 0.05) is 12.5 Å². The van der Waals surface area contributed by atoms with Gasteiger partial charge in [0.25, 0.3) is 5.89 Å². The Morgan fingerprint density at radius 1 is 1.53 bits per heavy atom. The number of hydrogen-bond donors (Lipinski definition) is 1. The van der Waals surface area contributed by atoms with Crippen molar-refractivity contribution in [2.45, 2.75) is 26.3 Å². The van der Waals surface area contributed by atoms with Crippen molar-refractivity contribution in [3.63, 3.8) is 0 Å².